The first-order valence-corrected chi connectivity index (χ1v) is 9.68. The fourth-order valence-corrected chi connectivity index (χ4v) is 4.00. The first-order valence-electron chi connectivity index (χ1n) is 8.92. The van der Waals surface area contributed by atoms with E-state index in [0.29, 0.717) is 21.8 Å². The fourth-order valence-electron chi connectivity index (χ4n) is 3.70. The van der Waals surface area contributed by atoms with Crippen LogP contribution in [0.25, 0.3) is 10.9 Å². The van der Waals surface area contributed by atoms with Crippen molar-refractivity contribution in [3.8, 4) is 0 Å². The van der Waals surface area contributed by atoms with Crippen molar-refractivity contribution in [2.75, 3.05) is 6.54 Å². The summed E-state index contributed by atoms with van der Waals surface area (Å²) in [7, 11) is 0. The van der Waals surface area contributed by atoms with Crippen LogP contribution in [0.4, 0.5) is 4.79 Å². The molecular formula is C21H17Cl2N3O3. The summed E-state index contributed by atoms with van der Waals surface area (Å²) in [6.45, 7) is 3.01. The average molecular weight is 430 g/mol. The lowest BCUT2D eigenvalue weighted by Crippen LogP contribution is -2.41. The van der Waals surface area contributed by atoms with Gasteiger partial charge >= 0.3 is 6.03 Å². The molecule has 2 heterocycles. The maximum Gasteiger partial charge on any atom is 0.325 e. The van der Waals surface area contributed by atoms with Gasteiger partial charge in [-0.15, -0.1) is 0 Å². The standard InChI is InChI=1S/C21H17Cl2N3O3/c1-11-18(13-5-3-4-6-16(13)24-11)17(27)10-26-19(28)21(2,25-20(26)29)12-7-8-14(22)15(23)9-12/h3-9,24H,10H2,1-2H3,(H,25,29). The normalized spacial score (nSPS) is 19.1. The Hall–Kier alpha value is -2.83. The molecule has 1 aliphatic rings. The first-order chi connectivity index (χ1) is 13.7. The molecule has 2 aromatic carbocycles. The summed E-state index contributed by atoms with van der Waals surface area (Å²) in [4.78, 5) is 42.7. The first kappa shape index (κ1) is 19.5. The lowest BCUT2D eigenvalue weighted by Gasteiger charge is -2.22. The van der Waals surface area contributed by atoms with Crippen molar-refractivity contribution in [2.45, 2.75) is 19.4 Å². The molecule has 1 saturated heterocycles. The van der Waals surface area contributed by atoms with Gasteiger partial charge in [-0.3, -0.25) is 14.5 Å². The van der Waals surface area contributed by atoms with Gasteiger partial charge in [0, 0.05) is 22.2 Å². The van der Waals surface area contributed by atoms with Crippen molar-refractivity contribution in [3.05, 3.63) is 69.3 Å². The smallest absolute Gasteiger partial charge is 0.325 e. The Morgan fingerprint density at radius 1 is 1.10 bits per heavy atom. The number of para-hydroxylation sites is 1. The minimum absolute atomic E-state index is 0.274. The van der Waals surface area contributed by atoms with E-state index >= 15 is 0 Å². The highest BCUT2D eigenvalue weighted by Gasteiger charge is 2.49. The minimum Gasteiger partial charge on any atom is -0.358 e. The predicted molar refractivity (Wildman–Crippen MR) is 111 cm³/mol. The molecule has 1 aliphatic heterocycles. The SMILES string of the molecule is Cc1[nH]c2ccccc2c1C(=O)CN1C(=O)NC(C)(c2ccc(Cl)c(Cl)c2)C1=O. The van der Waals surface area contributed by atoms with E-state index < -0.39 is 17.5 Å². The summed E-state index contributed by atoms with van der Waals surface area (Å²) in [5.74, 6) is -0.839. The van der Waals surface area contributed by atoms with Crippen LogP contribution in [0.15, 0.2) is 42.5 Å². The number of H-pyrrole nitrogens is 1. The molecule has 148 valence electrons. The van der Waals surface area contributed by atoms with Crippen LogP contribution in [0.2, 0.25) is 10.0 Å². The number of amides is 3. The zero-order valence-corrected chi connectivity index (χ0v) is 17.2. The van der Waals surface area contributed by atoms with E-state index in [1.165, 1.54) is 6.07 Å². The third-order valence-electron chi connectivity index (χ3n) is 5.25. The number of hydrogen-bond donors (Lipinski definition) is 2. The van der Waals surface area contributed by atoms with Crippen LogP contribution in [0.5, 0.6) is 0 Å². The Morgan fingerprint density at radius 2 is 1.83 bits per heavy atom. The number of nitrogens with one attached hydrogen (secondary N) is 2. The van der Waals surface area contributed by atoms with Crippen molar-refractivity contribution in [1.29, 1.82) is 0 Å². The number of nitrogens with zero attached hydrogens (tertiary/aromatic N) is 1. The van der Waals surface area contributed by atoms with Gasteiger partial charge in [0.25, 0.3) is 5.91 Å². The number of Topliss-reactive ketones (excluding diaryl/α,β-unsaturated/α-hetero) is 1. The predicted octanol–water partition coefficient (Wildman–Crippen LogP) is 4.43. The van der Waals surface area contributed by atoms with Crippen molar-refractivity contribution < 1.29 is 14.4 Å². The molecule has 0 saturated carbocycles. The summed E-state index contributed by atoms with van der Waals surface area (Å²) in [6.07, 6.45) is 0. The molecule has 4 rings (SSSR count). The van der Waals surface area contributed by atoms with Crippen LogP contribution in [0.3, 0.4) is 0 Å². The number of rotatable bonds is 4. The molecule has 1 fully saturated rings. The highest BCUT2D eigenvalue weighted by atomic mass is 35.5. The Kier molecular flexibility index (Phi) is 4.63. The lowest BCUT2D eigenvalue weighted by molar-refractivity contribution is -0.130. The Morgan fingerprint density at radius 3 is 2.55 bits per heavy atom. The van der Waals surface area contributed by atoms with E-state index in [9.17, 15) is 14.4 Å². The minimum atomic E-state index is -1.33. The number of ketones is 1. The lowest BCUT2D eigenvalue weighted by atomic mass is 9.92. The number of urea groups is 1. The molecule has 2 N–H and O–H groups in total. The molecule has 3 aromatic rings. The Labute approximate surface area is 176 Å². The number of carbonyl (C=O) groups excluding carboxylic acids is 3. The van der Waals surface area contributed by atoms with Gasteiger partial charge < -0.3 is 10.3 Å². The molecule has 29 heavy (non-hydrogen) atoms. The second-order valence-electron chi connectivity index (χ2n) is 7.17. The number of imide groups is 1. The van der Waals surface area contributed by atoms with E-state index in [-0.39, 0.29) is 17.4 Å². The second-order valence-corrected chi connectivity index (χ2v) is 7.98. The van der Waals surface area contributed by atoms with E-state index in [4.69, 9.17) is 23.2 Å². The van der Waals surface area contributed by atoms with E-state index in [2.05, 4.69) is 10.3 Å². The number of carbonyl (C=O) groups is 3. The van der Waals surface area contributed by atoms with Crippen LogP contribution in [-0.2, 0) is 10.3 Å². The molecule has 0 spiro atoms. The van der Waals surface area contributed by atoms with Crippen LogP contribution >= 0.6 is 23.2 Å². The molecule has 0 radical (unpaired) electrons. The number of fused-ring (bicyclic) bond motifs is 1. The number of halogens is 2. The van der Waals surface area contributed by atoms with Crippen molar-refractivity contribution in [1.82, 2.24) is 15.2 Å². The third-order valence-corrected chi connectivity index (χ3v) is 5.99. The average Bonchev–Trinajstić information content (AvgIpc) is 3.12. The molecule has 1 aromatic heterocycles. The number of aromatic amines is 1. The van der Waals surface area contributed by atoms with Gasteiger partial charge in [0.05, 0.1) is 16.6 Å². The number of benzene rings is 2. The van der Waals surface area contributed by atoms with Gasteiger partial charge in [-0.1, -0.05) is 47.5 Å². The largest absolute Gasteiger partial charge is 0.358 e. The summed E-state index contributed by atoms with van der Waals surface area (Å²) in [5, 5.41) is 4.05. The van der Waals surface area contributed by atoms with Crippen molar-refractivity contribution in [2.24, 2.45) is 0 Å². The van der Waals surface area contributed by atoms with Gasteiger partial charge in [0.2, 0.25) is 0 Å². The van der Waals surface area contributed by atoms with Gasteiger partial charge in [0.15, 0.2) is 5.78 Å². The van der Waals surface area contributed by atoms with Gasteiger partial charge in [-0.25, -0.2) is 4.79 Å². The van der Waals surface area contributed by atoms with Crippen molar-refractivity contribution >= 4 is 51.8 Å². The van der Waals surface area contributed by atoms with E-state index in [1.54, 1.807) is 26.0 Å². The van der Waals surface area contributed by atoms with Crippen molar-refractivity contribution in [3.63, 3.8) is 0 Å². The summed E-state index contributed by atoms with van der Waals surface area (Å²) in [6, 6.07) is 11.5. The Balaban J connectivity index is 1.65. The fraction of sp³-hybridized carbons (Fsp3) is 0.190. The zero-order valence-electron chi connectivity index (χ0n) is 15.7. The number of aryl methyl sites for hydroxylation is 1. The van der Waals surface area contributed by atoms with Crippen LogP contribution in [0.1, 0.15) is 28.5 Å². The molecule has 3 amide bonds. The van der Waals surface area contributed by atoms with Gasteiger partial charge in [-0.05, 0) is 37.6 Å². The maximum absolute atomic E-state index is 13.1. The topological polar surface area (TPSA) is 82.3 Å². The number of aromatic nitrogens is 1. The molecule has 1 unspecified atom stereocenters. The zero-order chi connectivity index (χ0) is 20.9. The summed E-state index contributed by atoms with van der Waals surface area (Å²) >= 11 is 12.0. The molecule has 0 bridgehead atoms. The van der Waals surface area contributed by atoms with E-state index in [0.717, 1.165) is 15.8 Å². The molecule has 6 nitrogen and oxygen atoms in total. The van der Waals surface area contributed by atoms with Gasteiger partial charge in [0.1, 0.15) is 5.54 Å². The maximum atomic E-state index is 13.1. The molecule has 0 aliphatic carbocycles. The monoisotopic (exact) mass is 429 g/mol. The quantitative estimate of drug-likeness (QED) is 0.475. The second kappa shape index (κ2) is 6.90. The van der Waals surface area contributed by atoms with Crippen LogP contribution in [0, 0.1) is 6.92 Å². The highest BCUT2D eigenvalue weighted by Crippen LogP contribution is 2.33. The third kappa shape index (κ3) is 3.09. The highest BCUT2D eigenvalue weighted by molar-refractivity contribution is 6.42. The van der Waals surface area contributed by atoms with Crippen LogP contribution < -0.4 is 5.32 Å². The molecule has 8 heteroatoms. The number of hydrogen-bond acceptors (Lipinski definition) is 3. The summed E-state index contributed by atoms with van der Waals surface area (Å²) < 4.78 is 0. The van der Waals surface area contributed by atoms with Crippen LogP contribution in [-0.4, -0.2) is 34.2 Å². The van der Waals surface area contributed by atoms with E-state index in [1.807, 2.05) is 24.3 Å². The summed E-state index contributed by atoms with van der Waals surface area (Å²) in [5.41, 5.74) is 1.15. The molecular weight excluding hydrogens is 413 g/mol. The molecule has 1 atom stereocenters. The van der Waals surface area contributed by atoms with Gasteiger partial charge in [-0.2, -0.15) is 0 Å². The Bertz CT molecular complexity index is 1190.